The minimum Gasteiger partial charge on any atom is -0.481 e. The van der Waals surface area contributed by atoms with E-state index in [0.717, 1.165) is 6.20 Å². The van der Waals surface area contributed by atoms with E-state index in [4.69, 9.17) is 5.11 Å². The first kappa shape index (κ1) is 10.3. The van der Waals surface area contributed by atoms with Gasteiger partial charge in [0.05, 0.1) is 4.92 Å². The van der Waals surface area contributed by atoms with Gasteiger partial charge < -0.3 is 5.11 Å². The topological polar surface area (TPSA) is 126 Å². The Bertz CT molecular complexity index is 484. The Labute approximate surface area is 88.4 Å². The van der Waals surface area contributed by atoms with Gasteiger partial charge in [-0.3, -0.25) is 24.8 Å². The number of rotatable bonds is 3. The average Bonchev–Trinajstić information content (AvgIpc) is 2.60. The van der Waals surface area contributed by atoms with Gasteiger partial charge in [0.15, 0.2) is 0 Å². The maximum atomic E-state index is 11.1. The SMILES string of the molecule is O=C1CC(C(=O)O)(c2[nH]ncc2[N+](=O)[O-])C1. The summed E-state index contributed by atoms with van der Waals surface area (Å²) in [6.45, 7) is 0. The van der Waals surface area contributed by atoms with Crippen LogP contribution in [0.25, 0.3) is 0 Å². The van der Waals surface area contributed by atoms with Gasteiger partial charge in [-0.15, -0.1) is 0 Å². The van der Waals surface area contributed by atoms with Crippen LogP contribution in [0.15, 0.2) is 6.20 Å². The molecule has 84 valence electrons. The number of nitrogens with one attached hydrogen (secondary N) is 1. The summed E-state index contributed by atoms with van der Waals surface area (Å²) in [5.41, 5.74) is -2.00. The molecule has 0 aromatic carbocycles. The van der Waals surface area contributed by atoms with Crippen LogP contribution < -0.4 is 0 Å². The maximum absolute atomic E-state index is 11.1. The Kier molecular flexibility index (Phi) is 2.00. The van der Waals surface area contributed by atoms with Gasteiger partial charge >= 0.3 is 11.7 Å². The molecule has 0 amide bonds. The number of nitrogens with zero attached hydrogens (tertiary/aromatic N) is 2. The van der Waals surface area contributed by atoms with Gasteiger partial charge in [-0.05, 0) is 0 Å². The molecule has 1 aliphatic carbocycles. The highest BCUT2D eigenvalue weighted by Gasteiger charge is 2.55. The highest BCUT2D eigenvalue weighted by atomic mass is 16.6. The molecule has 8 nitrogen and oxygen atoms in total. The summed E-state index contributed by atoms with van der Waals surface area (Å²) < 4.78 is 0. The van der Waals surface area contributed by atoms with Crippen molar-refractivity contribution in [3.8, 4) is 0 Å². The number of aromatic nitrogens is 2. The summed E-state index contributed by atoms with van der Waals surface area (Å²) in [5.74, 6) is -1.48. The van der Waals surface area contributed by atoms with Crippen LogP contribution in [-0.4, -0.2) is 32.0 Å². The van der Waals surface area contributed by atoms with Gasteiger partial charge in [0, 0.05) is 12.8 Å². The monoisotopic (exact) mass is 225 g/mol. The fourth-order valence-corrected chi connectivity index (χ4v) is 1.83. The zero-order valence-corrected chi connectivity index (χ0v) is 7.97. The molecule has 2 rings (SSSR count). The molecule has 1 aromatic heterocycles. The second-order valence-electron chi connectivity index (χ2n) is 3.67. The largest absolute Gasteiger partial charge is 0.481 e. The quantitative estimate of drug-likeness (QED) is 0.550. The number of H-pyrrole nitrogens is 1. The Morgan fingerprint density at radius 1 is 1.62 bits per heavy atom. The standard InChI is InChI=1S/C8H7N3O5/c12-4-1-8(2-4,7(13)14)6-5(11(15)16)3-9-10-6/h3H,1-2H2,(H,9,10)(H,13,14). The Morgan fingerprint density at radius 3 is 2.69 bits per heavy atom. The summed E-state index contributed by atoms with van der Waals surface area (Å²) >= 11 is 0. The van der Waals surface area contributed by atoms with E-state index in [1.165, 1.54) is 0 Å². The van der Waals surface area contributed by atoms with Crippen molar-refractivity contribution >= 4 is 17.4 Å². The van der Waals surface area contributed by atoms with Crippen LogP contribution in [0.4, 0.5) is 5.69 Å². The van der Waals surface area contributed by atoms with E-state index in [1.807, 2.05) is 0 Å². The molecular formula is C8H7N3O5. The van der Waals surface area contributed by atoms with E-state index in [1.54, 1.807) is 0 Å². The molecule has 0 unspecified atom stereocenters. The highest BCUT2D eigenvalue weighted by molar-refractivity contribution is 6.01. The zero-order valence-electron chi connectivity index (χ0n) is 7.97. The molecule has 1 fully saturated rings. The van der Waals surface area contributed by atoms with E-state index in [9.17, 15) is 19.7 Å². The van der Waals surface area contributed by atoms with Crippen molar-refractivity contribution in [2.24, 2.45) is 0 Å². The number of hydrogen-bond donors (Lipinski definition) is 2. The first-order valence-corrected chi connectivity index (χ1v) is 4.41. The van der Waals surface area contributed by atoms with E-state index in [2.05, 4.69) is 10.2 Å². The first-order chi connectivity index (χ1) is 7.47. The number of aromatic amines is 1. The molecule has 1 aromatic rings. The number of carbonyl (C=O) groups excluding carboxylic acids is 1. The summed E-state index contributed by atoms with van der Waals surface area (Å²) in [6.07, 6.45) is 0.486. The number of hydrogen-bond acceptors (Lipinski definition) is 5. The fourth-order valence-electron chi connectivity index (χ4n) is 1.83. The molecular weight excluding hydrogens is 218 g/mol. The van der Waals surface area contributed by atoms with Crippen molar-refractivity contribution < 1.29 is 19.6 Å². The second kappa shape index (κ2) is 3.12. The van der Waals surface area contributed by atoms with Gasteiger partial charge in [-0.25, -0.2) is 0 Å². The molecule has 0 bridgehead atoms. The Morgan fingerprint density at radius 2 is 2.25 bits per heavy atom. The second-order valence-corrected chi connectivity index (χ2v) is 3.67. The molecule has 0 aliphatic heterocycles. The van der Waals surface area contributed by atoms with Crippen LogP contribution in [0.1, 0.15) is 18.5 Å². The normalized spacial score (nSPS) is 17.9. The van der Waals surface area contributed by atoms with Crippen LogP contribution in [-0.2, 0) is 15.0 Å². The van der Waals surface area contributed by atoms with Crippen molar-refractivity contribution in [3.63, 3.8) is 0 Å². The summed E-state index contributed by atoms with van der Waals surface area (Å²) in [4.78, 5) is 32.0. The third-order valence-electron chi connectivity index (χ3n) is 2.70. The summed E-state index contributed by atoms with van der Waals surface area (Å²) in [5, 5.41) is 25.5. The summed E-state index contributed by atoms with van der Waals surface area (Å²) in [7, 11) is 0. The summed E-state index contributed by atoms with van der Waals surface area (Å²) in [6, 6.07) is 0. The maximum Gasteiger partial charge on any atom is 0.316 e. The molecule has 1 aliphatic rings. The molecule has 0 saturated heterocycles. The van der Waals surface area contributed by atoms with Crippen molar-refractivity contribution in [2.45, 2.75) is 18.3 Å². The van der Waals surface area contributed by atoms with Crippen molar-refractivity contribution in [3.05, 3.63) is 22.0 Å². The lowest BCUT2D eigenvalue weighted by molar-refractivity contribution is -0.386. The van der Waals surface area contributed by atoms with Crippen LogP contribution in [0.5, 0.6) is 0 Å². The van der Waals surface area contributed by atoms with Crippen molar-refractivity contribution in [1.82, 2.24) is 10.2 Å². The molecule has 0 atom stereocenters. The number of carboxylic acid groups (broad SMARTS) is 1. The average molecular weight is 225 g/mol. The Hall–Kier alpha value is -2.25. The Balaban J connectivity index is 2.49. The molecule has 1 heterocycles. The first-order valence-electron chi connectivity index (χ1n) is 4.41. The minimum atomic E-state index is -1.50. The number of Topliss-reactive ketones (excluding diaryl/α,β-unsaturated/α-hetero) is 1. The van der Waals surface area contributed by atoms with Gasteiger partial charge in [0.2, 0.25) is 0 Å². The van der Waals surface area contributed by atoms with Crippen molar-refractivity contribution in [1.29, 1.82) is 0 Å². The fraction of sp³-hybridized carbons (Fsp3) is 0.375. The lowest BCUT2D eigenvalue weighted by Gasteiger charge is -2.34. The number of carbonyl (C=O) groups is 2. The van der Waals surface area contributed by atoms with Crippen LogP contribution in [0.3, 0.4) is 0 Å². The van der Waals surface area contributed by atoms with Crippen molar-refractivity contribution in [2.75, 3.05) is 0 Å². The van der Waals surface area contributed by atoms with Crippen LogP contribution in [0.2, 0.25) is 0 Å². The molecule has 1 saturated carbocycles. The lowest BCUT2D eigenvalue weighted by Crippen LogP contribution is -2.48. The molecule has 0 spiro atoms. The smallest absolute Gasteiger partial charge is 0.316 e. The molecule has 2 N–H and O–H groups in total. The van der Waals surface area contributed by atoms with Gasteiger partial charge in [0.1, 0.15) is 23.1 Å². The van der Waals surface area contributed by atoms with Crippen LogP contribution in [0, 0.1) is 10.1 Å². The molecule has 16 heavy (non-hydrogen) atoms. The number of ketones is 1. The number of aliphatic carboxylic acids is 1. The van der Waals surface area contributed by atoms with Gasteiger partial charge in [-0.1, -0.05) is 0 Å². The van der Waals surface area contributed by atoms with Crippen LogP contribution >= 0.6 is 0 Å². The van der Waals surface area contributed by atoms with E-state index >= 15 is 0 Å². The van der Waals surface area contributed by atoms with Gasteiger partial charge in [0.25, 0.3) is 0 Å². The minimum absolute atomic E-state index is 0.107. The molecule has 0 radical (unpaired) electrons. The highest BCUT2D eigenvalue weighted by Crippen LogP contribution is 2.43. The third-order valence-corrected chi connectivity index (χ3v) is 2.70. The predicted molar refractivity (Wildman–Crippen MR) is 48.8 cm³/mol. The van der Waals surface area contributed by atoms with E-state index in [0.29, 0.717) is 0 Å². The zero-order chi connectivity index (χ0) is 11.9. The molecule has 8 heteroatoms. The predicted octanol–water partition coefficient (Wildman–Crippen LogP) is 0.00320. The van der Waals surface area contributed by atoms with E-state index in [-0.39, 0.29) is 24.3 Å². The third kappa shape index (κ3) is 1.19. The number of carboxylic acids is 1. The number of nitro groups is 1. The lowest BCUT2D eigenvalue weighted by atomic mass is 9.65. The van der Waals surface area contributed by atoms with E-state index < -0.39 is 22.0 Å². The van der Waals surface area contributed by atoms with Gasteiger partial charge in [-0.2, -0.15) is 5.10 Å².